The molecule has 0 unspecified atom stereocenters. The first-order valence-electron chi connectivity index (χ1n) is 8.41. The number of aromatic nitrogens is 4. The van der Waals surface area contributed by atoms with Crippen LogP contribution < -0.4 is 14.8 Å². The molecule has 0 aliphatic rings. The van der Waals surface area contributed by atoms with Gasteiger partial charge in [0.15, 0.2) is 22.2 Å². The lowest BCUT2D eigenvalue weighted by molar-refractivity contribution is 0.102. The van der Waals surface area contributed by atoms with E-state index in [-0.39, 0.29) is 5.91 Å². The van der Waals surface area contributed by atoms with Crippen LogP contribution in [0.2, 0.25) is 0 Å². The molecule has 142 valence electrons. The van der Waals surface area contributed by atoms with E-state index >= 15 is 0 Å². The maximum Gasteiger partial charge on any atom is 0.278 e. The van der Waals surface area contributed by atoms with Gasteiger partial charge in [-0.25, -0.2) is 0 Å². The number of para-hydroxylation sites is 1. The number of rotatable bonds is 5. The molecule has 2 heterocycles. The Balaban J connectivity index is 1.62. The molecule has 0 bridgehead atoms. The lowest BCUT2D eigenvalue weighted by atomic mass is 10.1. The Labute approximate surface area is 164 Å². The number of hydrogen-bond donors (Lipinski definition) is 2. The summed E-state index contributed by atoms with van der Waals surface area (Å²) in [6, 6.07) is 11.3. The van der Waals surface area contributed by atoms with Crippen LogP contribution in [-0.2, 0) is 0 Å². The average Bonchev–Trinajstić information content (AvgIpc) is 3.33. The normalized spacial score (nSPS) is 10.8. The van der Waals surface area contributed by atoms with Gasteiger partial charge in [0.1, 0.15) is 0 Å². The molecule has 2 aromatic heterocycles. The molecule has 2 N–H and O–H groups in total. The highest BCUT2D eigenvalue weighted by Crippen LogP contribution is 2.39. The van der Waals surface area contributed by atoms with Gasteiger partial charge in [0.05, 0.1) is 25.3 Å². The number of anilines is 1. The number of fused-ring (bicyclic) bond motifs is 1. The van der Waals surface area contributed by atoms with E-state index in [2.05, 4.69) is 25.7 Å². The number of carbonyl (C=O) groups excluding carboxylic acids is 1. The van der Waals surface area contributed by atoms with E-state index in [1.165, 1.54) is 11.3 Å². The molecular formula is C19H17N5O3S. The summed E-state index contributed by atoms with van der Waals surface area (Å²) in [5, 5.41) is 19.7. The van der Waals surface area contributed by atoms with Crippen LogP contribution >= 0.6 is 11.3 Å². The highest BCUT2D eigenvalue weighted by molar-refractivity contribution is 7.18. The third-order valence-electron chi connectivity index (χ3n) is 4.21. The molecule has 1 amide bonds. The summed E-state index contributed by atoms with van der Waals surface area (Å²) >= 11 is 1.24. The summed E-state index contributed by atoms with van der Waals surface area (Å²) in [7, 11) is 3.14. The van der Waals surface area contributed by atoms with Crippen molar-refractivity contribution in [2.24, 2.45) is 0 Å². The predicted octanol–water partition coefficient (Wildman–Crippen LogP) is 3.66. The van der Waals surface area contributed by atoms with Crippen molar-refractivity contribution in [1.82, 2.24) is 20.4 Å². The Morgan fingerprint density at radius 2 is 2.00 bits per heavy atom. The Kier molecular flexibility index (Phi) is 4.66. The molecule has 28 heavy (non-hydrogen) atoms. The molecule has 0 saturated carbocycles. The summed E-state index contributed by atoms with van der Waals surface area (Å²) in [5.41, 5.74) is 2.90. The fourth-order valence-corrected chi connectivity index (χ4v) is 3.66. The van der Waals surface area contributed by atoms with Gasteiger partial charge in [-0.1, -0.05) is 29.0 Å². The molecule has 2 aromatic carbocycles. The Morgan fingerprint density at radius 1 is 1.14 bits per heavy atom. The number of aryl methyl sites for hydroxylation is 1. The van der Waals surface area contributed by atoms with Crippen molar-refractivity contribution in [3.05, 3.63) is 47.7 Å². The van der Waals surface area contributed by atoms with Crippen molar-refractivity contribution in [2.75, 3.05) is 19.5 Å². The van der Waals surface area contributed by atoms with Crippen LogP contribution in [0.15, 0.2) is 36.4 Å². The maximum absolute atomic E-state index is 12.7. The highest BCUT2D eigenvalue weighted by Gasteiger charge is 2.19. The molecule has 0 saturated heterocycles. The van der Waals surface area contributed by atoms with Gasteiger partial charge in [0.25, 0.3) is 5.91 Å². The Bertz CT molecular complexity index is 1170. The standard InChI is InChI=1S/C19H17N5O3S/c1-10-7-8-13-12(9-10)15(22-21-13)17(25)20-19-24-23-18(28-19)11-5-4-6-14(26-2)16(11)27-3/h4-9H,1-3H3,(H,21,22)(H,20,24,25). The van der Waals surface area contributed by atoms with Crippen LogP contribution in [-0.4, -0.2) is 40.5 Å². The van der Waals surface area contributed by atoms with Crippen molar-refractivity contribution < 1.29 is 14.3 Å². The van der Waals surface area contributed by atoms with Crippen LogP contribution in [0.1, 0.15) is 16.1 Å². The summed E-state index contributed by atoms with van der Waals surface area (Å²) in [6.45, 7) is 1.96. The lowest BCUT2D eigenvalue weighted by Gasteiger charge is -2.10. The number of ether oxygens (including phenoxy) is 2. The second kappa shape index (κ2) is 7.28. The van der Waals surface area contributed by atoms with Crippen molar-refractivity contribution in [3.8, 4) is 22.1 Å². The molecule has 0 fully saturated rings. The Morgan fingerprint density at radius 3 is 2.79 bits per heavy atom. The van der Waals surface area contributed by atoms with Crippen molar-refractivity contribution in [2.45, 2.75) is 6.92 Å². The quantitative estimate of drug-likeness (QED) is 0.535. The molecular weight excluding hydrogens is 378 g/mol. The third kappa shape index (κ3) is 3.16. The van der Waals surface area contributed by atoms with E-state index in [1.54, 1.807) is 20.3 Å². The lowest BCUT2D eigenvalue weighted by Crippen LogP contribution is -2.12. The topological polar surface area (TPSA) is 102 Å². The largest absolute Gasteiger partial charge is 0.493 e. The number of H-pyrrole nitrogens is 1. The number of nitrogens with one attached hydrogen (secondary N) is 2. The zero-order valence-corrected chi connectivity index (χ0v) is 16.3. The number of benzene rings is 2. The first-order chi connectivity index (χ1) is 13.6. The zero-order valence-electron chi connectivity index (χ0n) is 15.4. The summed E-state index contributed by atoms with van der Waals surface area (Å²) in [5.74, 6) is 0.809. The maximum atomic E-state index is 12.7. The van der Waals surface area contributed by atoms with Gasteiger partial charge in [-0.3, -0.25) is 15.2 Å². The van der Waals surface area contributed by atoms with Crippen LogP contribution in [0.4, 0.5) is 5.13 Å². The average molecular weight is 395 g/mol. The molecule has 4 rings (SSSR count). The van der Waals surface area contributed by atoms with Gasteiger partial charge in [0, 0.05) is 5.39 Å². The molecule has 8 nitrogen and oxygen atoms in total. The van der Waals surface area contributed by atoms with Crippen LogP contribution in [0.5, 0.6) is 11.5 Å². The van der Waals surface area contributed by atoms with Crippen LogP contribution in [0.3, 0.4) is 0 Å². The molecule has 4 aromatic rings. The molecule has 9 heteroatoms. The SMILES string of the molecule is COc1cccc(-c2nnc(NC(=O)c3n[nH]c4ccc(C)cc34)s2)c1OC. The Hall–Kier alpha value is -3.46. The second-order valence-corrected chi connectivity index (χ2v) is 7.01. The van der Waals surface area contributed by atoms with Crippen molar-refractivity contribution in [1.29, 1.82) is 0 Å². The first-order valence-corrected chi connectivity index (χ1v) is 9.23. The molecule has 0 spiro atoms. The molecule has 0 aliphatic carbocycles. The molecule has 0 radical (unpaired) electrons. The van der Waals surface area contributed by atoms with Gasteiger partial charge in [0.2, 0.25) is 5.13 Å². The van der Waals surface area contributed by atoms with Gasteiger partial charge in [-0.2, -0.15) is 5.10 Å². The van der Waals surface area contributed by atoms with E-state index < -0.39 is 0 Å². The van der Waals surface area contributed by atoms with E-state index in [1.807, 2.05) is 37.3 Å². The number of carbonyl (C=O) groups is 1. The third-order valence-corrected chi connectivity index (χ3v) is 5.08. The highest BCUT2D eigenvalue weighted by atomic mass is 32.1. The van der Waals surface area contributed by atoms with Crippen molar-refractivity contribution >= 4 is 33.3 Å². The molecule has 0 aliphatic heterocycles. The van der Waals surface area contributed by atoms with Crippen LogP contribution in [0, 0.1) is 6.92 Å². The van der Waals surface area contributed by atoms with E-state index in [0.717, 1.165) is 22.0 Å². The number of nitrogens with zero attached hydrogens (tertiary/aromatic N) is 3. The predicted molar refractivity (Wildman–Crippen MR) is 107 cm³/mol. The summed E-state index contributed by atoms with van der Waals surface area (Å²) < 4.78 is 10.8. The zero-order chi connectivity index (χ0) is 19.7. The van der Waals surface area contributed by atoms with Crippen LogP contribution in [0.25, 0.3) is 21.5 Å². The van der Waals surface area contributed by atoms with Gasteiger partial charge < -0.3 is 9.47 Å². The fraction of sp³-hybridized carbons (Fsp3) is 0.158. The van der Waals surface area contributed by atoms with Gasteiger partial charge in [-0.15, -0.1) is 10.2 Å². The number of aromatic amines is 1. The van der Waals surface area contributed by atoms with E-state index in [4.69, 9.17) is 9.47 Å². The fourth-order valence-electron chi connectivity index (χ4n) is 2.90. The first kappa shape index (κ1) is 17.9. The smallest absolute Gasteiger partial charge is 0.278 e. The summed E-state index contributed by atoms with van der Waals surface area (Å²) in [4.78, 5) is 12.7. The number of amides is 1. The minimum atomic E-state index is -0.350. The monoisotopic (exact) mass is 395 g/mol. The van der Waals surface area contributed by atoms with E-state index in [9.17, 15) is 4.79 Å². The van der Waals surface area contributed by atoms with Gasteiger partial charge >= 0.3 is 0 Å². The minimum Gasteiger partial charge on any atom is -0.493 e. The van der Waals surface area contributed by atoms with E-state index in [0.29, 0.717) is 27.3 Å². The molecule has 0 atom stereocenters. The second-order valence-electron chi connectivity index (χ2n) is 6.03. The number of hydrogen-bond acceptors (Lipinski definition) is 7. The number of methoxy groups -OCH3 is 2. The summed E-state index contributed by atoms with van der Waals surface area (Å²) in [6.07, 6.45) is 0. The minimum absolute atomic E-state index is 0.314. The van der Waals surface area contributed by atoms with Crippen molar-refractivity contribution in [3.63, 3.8) is 0 Å². The van der Waals surface area contributed by atoms with Gasteiger partial charge in [-0.05, 0) is 31.2 Å².